The summed E-state index contributed by atoms with van der Waals surface area (Å²) in [7, 11) is 0. The Bertz CT molecular complexity index is 662. The van der Waals surface area contributed by atoms with Crippen LogP contribution < -0.4 is 4.90 Å². The van der Waals surface area contributed by atoms with Crippen molar-refractivity contribution in [1.82, 2.24) is 4.98 Å². The van der Waals surface area contributed by atoms with E-state index in [-0.39, 0.29) is 24.8 Å². The van der Waals surface area contributed by atoms with Gasteiger partial charge in [0.2, 0.25) is 5.91 Å². The van der Waals surface area contributed by atoms with E-state index in [4.69, 9.17) is 5.11 Å². The Balaban J connectivity index is 2.47. The highest BCUT2D eigenvalue weighted by atomic mass is 16.4. The molecular formula is C16H18N2O3. The van der Waals surface area contributed by atoms with Crippen LogP contribution in [0.1, 0.15) is 20.3 Å². The highest BCUT2D eigenvalue weighted by molar-refractivity contribution is 6.02. The SMILES string of the molecule is CC(C)C(=O)N(CCC(=O)O)c1cccc2cccnc12. The number of carbonyl (C=O) groups excluding carboxylic acids is 1. The highest BCUT2D eigenvalue weighted by Gasteiger charge is 2.21. The van der Waals surface area contributed by atoms with E-state index in [0.29, 0.717) is 11.2 Å². The fraction of sp³-hybridized carbons (Fsp3) is 0.312. The van der Waals surface area contributed by atoms with Crippen LogP contribution in [0.15, 0.2) is 36.5 Å². The third-order valence-electron chi connectivity index (χ3n) is 3.21. The average molecular weight is 286 g/mol. The maximum Gasteiger partial charge on any atom is 0.305 e. The minimum Gasteiger partial charge on any atom is -0.481 e. The molecule has 0 unspecified atom stereocenters. The number of carbonyl (C=O) groups is 2. The van der Waals surface area contributed by atoms with Gasteiger partial charge in [0.1, 0.15) is 0 Å². The van der Waals surface area contributed by atoms with Crippen LogP contribution >= 0.6 is 0 Å². The van der Waals surface area contributed by atoms with Crippen LogP contribution in [0.2, 0.25) is 0 Å². The second kappa shape index (κ2) is 6.35. The zero-order chi connectivity index (χ0) is 15.4. The van der Waals surface area contributed by atoms with Crippen LogP contribution in [0.3, 0.4) is 0 Å². The van der Waals surface area contributed by atoms with Crippen LogP contribution in [-0.4, -0.2) is 28.5 Å². The van der Waals surface area contributed by atoms with Crippen molar-refractivity contribution in [3.8, 4) is 0 Å². The molecule has 21 heavy (non-hydrogen) atoms. The summed E-state index contributed by atoms with van der Waals surface area (Å²) in [6.45, 7) is 3.74. The Morgan fingerprint density at radius 1 is 1.24 bits per heavy atom. The van der Waals surface area contributed by atoms with Crippen molar-refractivity contribution >= 4 is 28.5 Å². The predicted molar refractivity (Wildman–Crippen MR) is 81.2 cm³/mol. The van der Waals surface area contributed by atoms with Gasteiger partial charge in [0, 0.05) is 24.0 Å². The van der Waals surface area contributed by atoms with Gasteiger partial charge in [-0.2, -0.15) is 0 Å². The third-order valence-corrected chi connectivity index (χ3v) is 3.21. The summed E-state index contributed by atoms with van der Waals surface area (Å²) in [5, 5.41) is 9.81. The van der Waals surface area contributed by atoms with Crippen molar-refractivity contribution < 1.29 is 14.7 Å². The molecule has 1 aromatic carbocycles. The van der Waals surface area contributed by atoms with Gasteiger partial charge in [0.15, 0.2) is 0 Å². The van der Waals surface area contributed by atoms with E-state index >= 15 is 0 Å². The van der Waals surface area contributed by atoms with E-state index in [1.165, 1.54) is 4.90 Å². The summed E-state index contributed by atoms with van der Waals surface area (Å²) in [6, 6.07) is 9.32. The number of rotatable bonds is 5. The zero-order valence-electron chi connectivity index (χ0n) is 12.1. The second-order valence-corrected chi connectivity index (χ2v) is 5.14. The van der Waals surface area contributed by atoms with Crippen molar-refractivity contribution in [3.05, 3.63) is 36.5 Å². The molecule has 0 spiro atoms. The van der Waals surface area contributed by atoms with Crippen LogP contribution in [0.4, 0.5) is 5.69 Å². The maximum atomic E-state index is 12.4. The summed E-state index contributed by atoms with van der Waals surface area (Å²) in [4.78, 5) is 29.1. The number of carboxylic acid groups (broad SMARTS) is 1. The Morgan fingerprint density at radius 3 is 2.62 bits per heavy atom. The molecule has 1 heterocycles. The van der Waals surface area contributed by atoms with Gasteiger partial charge < -0.3 is 10.0 Å². The summed E-state index contributed by atoms with van der Waals surface area (Å²) >= 11 is 0. The zero-order valence-corrected chi connectivity index (χ0v) is 12.1. The van der Waals surface area contributed by atoms with Crippen molar-refractivity contribution in [2.45, 2.75) is 20.3 Å². The molecule has 1 aromatic heterocycles. The van der Waals surface area contributed by atoms with Crippen LogP contribution in [0.5, 0.6) is 0 Å². The standard InChI is InChI=1S/C16H18N2O3/c1-11(2)16(21)18(10-8-14(19)20)13-7-3-5-12-6-4-9-17-15(12)13/h3-7,9,11H,8,10H2,1-2H3,(H,19,20). The number of fused-ring (bicyclic) bond motifs is 1. The third kappa shape index (κ3) is 3.37. The second-order valence-electron chi connectivity index (χ2n) is 5.14. The van der Waals surface area contributed by atoms with E-state index in [1.807, 2.05) is 24.3 Å². The van der Waals surface area contributed by atoms with E-state index in [0.717, 1.165) is 5.39 Å². The number of pyridine rings is 1. The van der Waals surface area contributed by atoms with Crippen LogP contribution in [0, 0.1) is 5.92 Å². The van der Waals surface area contributed by atoms with E-state index in [2.05, 4.69) is 4.98 Å². The van der Waals surface area contributed by atoms with E-state index in [9.17, 15) is 9.59 Å². The average Bonchev–Trinajstić information content (AvgIpc) is 2.47. The van der Waals surface area contributed by atoms with Crippen molar-refractivity contribution in [2.24, 2.45) is 5.92 Å². The lowest BCUT2D eigenvalue weighted by Gasteiger charge is -2.25. The van der Waals surface area contributed by atoms with Gasteiger partial charge >= 0.3 is 5.97 Å². The first-order valence-electron chi connectivity index (χ1n) is 6.87. The molecule has 5 heteroatoms. The first-order chi connectivity index (χ1) is 10.0. The first kappa shape index (κ1) is 15.0. The number of anilines is 1. The lowest BCUT2D eigenvalue weighted by Crippen LogP contribution is -2.36. The fourth-order valence-corrected chi connectivity index (χ4v) is 2.17. The Labute approximate surface area is 123 Å². The molecule has 5 nitrogen and oxygen atoms in total. The molecule has 0 bridgehead atoms. The number of aromatic nitrogens is 1. The van der Waals surface area contributed by atoms with Crippen LogP contribution in [0.25, 0.3) is 10.9 Å². The number of hydrogen-bond donors (Lipinski definition) is 1. The molecule has 110 valence electrons. The number of nitrogens with zero attached hydrogens (tertiary/aromatic N) is 2. The highest BCUT2D eigenvalue weighted by Crippen LogP contribution is 2.26. The van der Waals surface area contributed by atoms with Crippen molar-refractivity contribution in [1.29, 1.82) is 0 Å². The quantitative estimate of drug-likeness (QED) is 0.917. The lowest BCUT2D eigenvalue weighted by molar-refractivity contribution is -0.136. The number of amides is 1. The molecule has 0 radical (unpaired) electrons. The van der Waals surface area contributed by atoms with Gasteiger partial charge in [-0.15, -0.1) is 0 Å². The molecule has 0 aliphatic carbocycles. The molecule has 2 aromatic rings. The molecule has 0 fully saturated rings. The summed E-state index contributed by atoms with van der Waals surface area (Å²) in [5.41, 5.74) is 1.37. The molecule has 0 saturated heterocycles. The summed E-state index contributed by atoms with van der Waals surface area (Å²) < 4.78 is 0. The Hall–Kier alpha value is -2.43. The number of hydrogen-bond acceptors (Lipinski definition) is 3. The van der Waals surface area contributed by atoms with E-state index < -0.39 is 5.97 Å². The molecule has 0 saturated carbocycles. The molecule has 2 rings (SSSR count). The number of para-hydroxylation sites is 1. The Kier molecular flexibility index (Phi) is 4.52. The smallest absolute Gasteiger partial charge is 0.305 e. The van der Waals surface area contributed by atoms with E-state index in [1.54, 1.807) is 26.1 Å². The predicted octanol–water partition coefficient (Wildman–Crippen LogP) is 2.70. The number of carboxylic acids is 1. The molecule has 0 aliphatic rings. The Morgan fingerprint density at radius 2 is 1.95 bits per heavy atom. The van der Waals surface area contributed by atoms with Crippen LogP contribution in [-0.2, 0) is 9.59 Å². The van der Waals surface area contributed by atoms with Gasteiger partial charge in [-0.3, -0.25) is 14.6 Å². The molecule has 0 aliphatic heterocycles. The number of aliphatic carboxylic acids is 1. The minimum absolute atomic E-state index is 0.0956. The van der Waals surface area contributed by atoms with Gasteiger partial charge in [0.05, 0.1) is 17.6 Å². The molecule has 0 atom stereocenters. The van der Waals surface area contributed by atoms with Crippen molar-refractivity contribution in [3.63, 3.8) is 0 Å². The van der Waals surface area contributed by atoms with Gasteiger partial charge in [-0.25, -0.2) is 0 Å². The van der Waals surface area contributed by atoms with Gasteiger partial charge in [-0.1, -0.05) is 32.0 Å². The summed E-state index contributed by atoms with van der Waals surface area (Å²) in [5.74, 6) is -1.24. The minimum atomic E-state index is -0.926. The fourth-order valence-electron chi connectivity index (χ4n) is 2.17. The van der Waals surface area contributed by atoms with Gasteiger partial charge in [0.25, 0.3) is 0 Å². The lowest BCUT2D eigenvalue weighted by atomic mass is 10.1. The van der Waals surface area contributed by atoms with Gasteiger partial charge in [-0.05, 0) is 12.1 Å². The first-order valence-corrected chi connectivity index (χ1v) is 6.87. The summed E-state index contributed by atoms with van der Waals surface area (Å²) in [6.07, 6.45) is 1.57. The largest absolute Gasteiger partial charge is 0.481 e. The molecular weight excluding hydrogens is 268 g/mol. The molecule has 1 amide bonds. The normalized spacial score (nSPS) is 10.8. The topological polar surface area (TPSA) is 70.5 Å². The maximum absolute atomic E-state index is 12.4. The number of benzene rings is 1. The monoisotopic (exact) mass is 286 g/mol. The van der Waals surface area contributed by atoms with Crippen molar-refractivity contribution in [2.75, 3.05) is 11.4 Å². The molecule has 1 N–H and O–H groups in total.